The van der Waals surface area contributed by atoms with Gasteiger partial charge < -0.3 is 5.11 Å². The summed E-state index contributed by atoms with van der Waals surface area (Å²) in [5.74, 6) is 0.472. The van der Waals surface area contributed by atoms with E-state index in [9.17, 15) is 13.5 Å². The first-order valence-electron chi connectivity index (χ1n) is 6.65. The van der Waals surface area contributed by atoms with Crippen molar-refractivity contribution in [3.8, 4) is 0 Å². The van der Waals surface area contributed by atoms with Crippen LogP contribution < -0.4 is 0 Å². The fourth-order valence-corrected chi connectivity index (χ4v) is 4.25. The lowest BCUT2D eigenvalue weighted by atomic mass is 9.85. The van der Waals surface area contributed by atoms with E-state index < -0.39 is 10.0 Å². The van der Waals surface area contributed by atoms with Gasteiger partial charge in [-0.05, 0) is 25.7 Å². The minimum atomic E-state index is -3.57. The number of rotatable bonds is 6. The summed E-state index contributed by atoms with van der Waals surface area (Å²) in [7, 11) is -3.57. The largest absolute Gasteiger partial charge is 0.390 e. The molecule has 1 saturated carbocycles. The zero-order valence-electron chi connectivity index (χ0n) is 11.4. The number of sulfonamides is 1. The normalized spacial score (nSPS) is 16.8. The zero-order valence-corrected chi connectivity index (χ0v) is 12.2. The molecule has 0 amide bonds. The van der Waals surface area contributed by atoms with Crippen LogP contribution >= 0.6 is 0 Å². The van der Waals surface area contributed by atoms with Crippen molar-refractivity contribution >= 4 is 10.0 Å². The van der Waals surface area contributed by atoms with Gasteiger partial charge in [0.15, 0.2) is 0 Å². The van der Waals surface area contributed by atoms with E-state index in [0.29, 0.717) is 24.7 Å². The first-order chi connectivity index (χ1) is 9.00. The number of aliphatic hydroxyl groups is 1. The summed E-state index contributed by atoms with van der Waals surface area (Å²) in [6.45, 7) is 4.13. The summed E-state index contributed by atoms with van der Waals surface area (Å²) in [5, 5.41) is 15.7. The highest BCUT2D eigenvalue weighted by molar-refractivity contribution is 7.89. The van der Waals surface area contributed by atoms with Crippen LogP contribution in [-0.2, 0) is 16.6 Å². The van der Waals surface area contributed by atoms with Crippen molar-refractivity contribution in [1.29, 1.82) is 0 Å². The van der Waals surface area contributed by atoms with Gasteiger partial charge in [0.2, 0.25) is 10.0 Å². The van der Waals surface area contributed by atoms with Crippen LogP contribution in [0.2, 0.25) is 0 Å². The average molecular weight is 287 g/mol. The highest BCUT2D eigenvalue weighted by Crippen LogP contribution is 2.30. The Bertz CT molecular complexity index is 534. The fraction of sp³-hybridized carbons (Fsp3) is 0.750. The van der Waals surface area contributed by atoms with Crippen molar-refractivity contribution < 1.29 is 13.5 Å². The molecule has 19 heavy (non-hydrogen) atoms. The molecule has 2 N–H and O–H groups in total. The van der Waals surface area contributed by atoms with Crippen LogP contribution in [0, 0.1) is 12.8 Å². The van der Waals surface area contributed by atoms with Gasteiger partial charge in [-0.3, -0.25) is 5.10 Å². The highest BCUT2D eigenvalue weighted by atomic mass is 32.2. The highest BCUT2D eigenvalue weighted by Gasteiger charge is 2.32. The third kappa shape index (κ3) is 2.68. The standard InChI is InChI=1S/C12H21N3O3S/c1-3-15(7-10-5-4-6-10)19(17,18)12-9(2)13-14-11(12)8-16/h10,16H,3-8H2,1-2H3,(H,13,14). The Balaban J connectivity index is 2.30. The van der Waals surface area contributed by atoms with Gasteiger partial charge in [-0.15, -0.1) is 0 Å². The Hall–Kier alpha value is -0.920. The number of hydrogen-bond donors (Lipinski definition) is 2. The minimum Gasteiger partial charge on any atom is -0.390 e. The van der Waals surface area contributed by atoms with E-state index in [4.69, 9.17) is 0 Å². The summed E-state index contributed by atoms with van der Waals surface area (Å²) >= 11 is 0. The molecule has 0 aromatic carbocycles. The Morgan fingerprint density at radius 2 is 2.16 bits per heavy atom. The number of aromatic amines is 1. The van der Waals surface area contributed by atoms with Crippen LogP contribution in [0.1, 0.15) is 37.6 Å². The summed E-state index contributed by atoms with van der Waals surface area (Å²) in [6.07, 6.45) is 3.39. The average Bonchev–Trinajstić information content (AvgIpc) is 2.69. The second-order valence-corrected chi connectivity index (χ2v) is 6.91. The van der Waals surface area contributed by atoms with Crippen molar-refractivity contribution in [1.82, 2.24) is 14.5 Å². The Labute approximate surface area is 113 Å². The lowest BCUT2D eigenvalue weighted by Crippen LogP contribution is -2.37. The molecule has 0 radical (unpaired) electrons. The van der Waals surface area contributed by atoms with Gasteiger partial charge in [0.25, 0.3) is 0 Å². The van der Waals surface area contributed by atoms with Crippen molar-refractivity contribution in [2.24, 2.45) is 5.92 Å². The molecule has 0 aliphatic heterocycles. The maximum Gasteiger partial charge on any atom is 0.246 e. The number of H-pyrrole nitrogens is 1. The number of nitrogens with one attached hydrogen (secondary N) is 1. The van der Waals surface area contributed by atoms with E-state index in [0.717, 1.165) is 12.8 Å². The van der Waals surface area contributed by atoms with E-state index >= 15 is 0 Å². The van der Waals surface area contributed by atoms with Crippen molar-refractivity contribution in [3.63, 3.8) is 0 Å². The molecule has 1 aromatic rings. The van der Waals surface area contributed by atoms with E-state index in [2.05, 4.69) is 10.2 Å². The number of aliphatic hydroxyl groups excluding tert-OH is 1. The fourth-order valence-electron chi connectivity index (χ4n) is 2.41. The van der Waals surface area contributed by atoms with E-state index in [-0.39, 0.29) is 17.2 Å². The monoisotopic (exact) mass is 287 g/mol. The Kier molecular flexibility index (Phi) is 4.27. The molecule has 1 aliphatic rings. The Morgan fingerprint density at radius 1 is 1.47 bits per heavy atom. The van der Waals surface area contributed by atoms with Crippen LogP contribution in [0.15, 0.2) is 4.90 Å². The SMILES string of the molecule is CCN(CC1CCC1)S(=O)(=O)c1c(CO)n[nH]c1C. The first-order valence-corrected chi connectivity index (χ1v) is 8.09. The van der Waals surface area contributed by atoms with Crippen molar-refractivity contribution in [3.05, 3.63) is 11.4 Å². The van der Waals surface area contributed by atoms with E-state index in [1.54, 1.807) is 6.92 Å². The van der Waals surface area contributed by atoms with Crippen LogP contribution in [0.3, 0.4) is 0 Å². The number of aryl methyl sites for hydroxylation is 1. The molecule has 0 spiro atoms. The Morgan fingerprint density at radius 3 is 2.63 bits per heavy atom. The molecule has 1 aromatic heterocycles. The zero-order chi connectivity index (χ0) is 14.0. The van der Waals surface area contributed by atoms with Crippen molar-refractivity contribution in [2.45, 2.75) is 44.6 Å². The predicted octanol–water partition coefficient (Wildman–Crippen LogP) is 1.02. The summed E-state index contributed by atoms with van der Waals surface area (Å²) < 4.78 is 26.8. The summed E-state index contributed by atoms with van der Waals surface area (Å²) in [5.41, 5.74) is 0.681. The molecule has 1 aliphatic carbocycles. The van der Waals surface area contributed by atoms with E-state index in [1.807, 2.05) is 6.92 Å². The smallest absolute Gasteiger partial charge is 0.246 e. The maximum absolute atomic E-state index is 12.7. The predicted molar refractivity (Wildman–Crippen MR) is 71.0 cm³/mol. The lowest BCUT2D eigenvalue weighted by Gasteiger charge is -2.31. The molecule has 6 nitrogen and oxygen atoms in total. The molecular formula is C12H21N3O3S. The van der Waals surface area contributed by atoms with Crippen LogP contribution in [0.25, 0.3) is 0 Å². The molecule has 0 unspecified atom stereocenters. The van der Waals surface area contributed by atoms with Gasteiger partial charge in [0, 0.05) is 13.1 Å². The molecule has 7 heteroatoms. The topological polar surface area (TPSA) is 86.3 Å². The molecule has 1 fully saturated rings. The van der Waals surface area contributed by atoms with Crippen LogP contribution in [0.5, 0.6) is 0 Å². The van der Waals surface area contributed by atoms with Gasteiger partial charge >= 0.3 is 0 Å². The number of aromatic nitrogens is 2. The molecule has 0 bridgehead atoms. The third-order valence-corrected chi connectivity index (χ3v) is 5.89. The van der Waals surface area contributed by atoms with Crippen LogP contribution in [0.4, 0.5) is 0 Å². The van der Waals surface area contributed by atoms with Gasteiger partial charge in [0.05, 0.1) is 12.3 Å². The molecule has 0 saturated heterocycles. The van der Waals surface area contributed by atoms with Gasteiger partial charge in [-0.25, -0.2) is 8.42 Å². The number of nitrogens with zero attached hydrogens (tertiary/aromatic N) is 2. The molecular weight excluding hydrogens is 266 g/mol. The van der Waals surface area contributed by atoms with Crippen LogP contribution in [-0.4, -0.2) is 41.1 Å². The minimum absolute atomic E-state index is 0.135. The molecule has 108 valence electrons. The van der Waals surface area contributed by atoms with Gasteiger partial charge in [-0.2, -0.15) is 9.40 Å². The third-order valence-electron chi connectivity index (χ3n) is 3.75. The second kappa shape index (κ2) is 5.60. The quantitative estimate of drug-likeness (QED) is 0.818. The summed E-state index contributed by atoms with van der Waals surface area (Å²) in [4.78, 5) is 0.135. The van der Waals surface area contributed by atoms with Crippen molar-refractivity contribution in [2.75, 3.05) is 13.1 Å². The van der Waals surface area contributed by atoms with E-state index in [1.165, 1.54) is 10.7 Å². The molecule has 0 atom stereocenters. The second-order valence-electron chi connectivity index (χ2n) is 5.04. The van der Waals surface area contributed by atoms with Gasteiger partial charge in [0.1, 0.15) is 10.6 Å². The lowest BCUT2D eigenvalue weighted by molar-refractivity contribution is 0.248. The van der Waals surface area contributed by atoms with Gasteiger partial charge in [-0.1, -0.05) is 13.3 Å². The first kappa shape index (κ1) is 14.5. The maximum atomic E-state index is 12.7. The summed E-state index contributed by atoms with van der Waals surface area (Å²) in [6, 6.07) is 0. The molecule has 2 rings (SSSR count). The molecule has 1 heterocycles. The number of hydrogen-bond acceptors (Lipinski definition) is 4.